The van der Waals surface area contributed by atoms with Crippen LogP contribution in [0.1, 0.15) is 0 Å². The Labute approximate surface area is 267 Å². The topological polar surface area (TPSA) is 26.9 Å². The van der Waals surface area contributed by atoms with Crippen molar-refractivity contribution in [3.8, 4) is 55.9 Å². The predicted molar refractivity (Wildman–Crippen MR) is 191 cm³/mol. The smallest absolute Gasteiger partial charge is 0.260 e. The van der Waals surface area contributed by atoms with Crippen LogP contribution in [-0.2, 0) is 0 Å². The van der Waals surface area contributed by atoms with E-state index in [0.29, 0.717) is 0 Å². The van der Waals surface area contributed by atoms with Gasteiger partial charge >= 0.3 is 5.69 Å². The Morgan fingerprint density at radius 3 is 0.804 bits per heavy atom. The van der Waals surface area contributed by atoms with Crippen molar-refractivity contribution in [2.45, 2.75) is 0 Å². The monoisotopic (exact) mass is 590 g/mol. The summed E-state index contributed by atoms with van der Waals surface area (Å²) in [6, 6.07) is 62.4. The molecule has 0 fully saturated rings. The van der Waals surface area contributed by atoms with Crippen molar-refractivity contribution in [2.24, 2.45) is 0 Å². The summed E-state index contributed by atoms with van der Waals surface area (Å²) in [5, 5.41) is 0. The number of hydrogen-bond donors (Lipinski definition) is 0. The lowest BCUT2D eigenvalue weighted by Gasteiger charge is -2.08. The Hall–Kier alpha value is -6.19. The van der Waals surface area contributed by atoms with E-state index >= 15 is 0 Å². The zero-order valence-electron chi connectivity index (χ0n) is 25.1. The second-order valence-corrected chi connectivity index (χ2v) is 11.4. The van der Waals surface area contributed by atoms with Gasteiger partial charge < -0.3 is 0 Å². The largest absolute Gasteiger partial charge is 0.338 e. The van der Waals surface area contributed by atoms with Gasteiger partial charge in [0.1, 0.15) is 0 Å². The molecule has 3 nitrogen and oxygen atoms in total. The van der Waals surface area contributed by atoms with E-state index < -0.39 is 0 Å². The minimum Gasteiger partial charge on any atom is -0.260 e. The standard InChI is InChI=1S/C43H30N2O/c46-43-44(39-27-23-37(24-28-39)35-19-15-33(16-20-35)31-9-3-1-4-10-31)41-13-7-8-14-42(41)45(43)40-29-25-38(26-30-40)36-21-17-34(18-22-36)32-11-5-2-6-12-32/h1-30H. The van der Waals surface area contributed by atoms with Crippen LogP contribution in [0.15, 0.2) is 187 Å². The summed E-state index contributed by atoms with van der Waals surface area (Å²) in [4.78, 5) is 14.1. The van der Waals surface area contributed by atoms with Gasteiger partial charge in [0.25, 0.3) is 0 Å². The van der Waals surface area contributed by atoms with Crippen LogP contribution in [0.3, 0.4) is 0 Å². The van der Waals surface area contributed by atoms with Crippen LogP contribution in [0, 0.1) is 0 Å². The highest BCUT2D eigenvalue weighted by Gasteiger charge is 2.16. The Kier molecular flexibility index (Phi) is 6.97. The first-order chi connectivity index (χ1) is 22.7. The number of benzene rings is 7. The molecule has 8 rings (SSSR count). The van der Waals surface area contributed by atoms with E-state index in [1.54, 1.807) is 9.13 Å². The van der Waals surface area contributed by atoms with Crippen LogP contribution < -0.4 is 5.69 Å². The minimum atomic E-state index is -0.0962. The molecule has 0 atom stereocenters. The number of para-hydroxylation sites is 2. The molecule has 0 radical (unpaired) electrons. The van der Waals surface area contributed by atoms with Crippen LogP contribution >= 0.6 is 0 Å². The van der Waals surface area contributed by atoms with Crippen molar-refractivity contribution in [1.82, 2.24) is 9.13 Å². The predicted octanol–water partition coefficient (Wildman–Crippen LogP) is 10.4. The molecular weight excluding hydrogens is 560 g/mol. The van der Waals surface area contributed by atoms with Crippen molar-refractivity contribution in [3.63, 3.8) is 0 Å². The van der Waals surface area contributed by atoms with Crippen molar-refractivity contribution >= 4 is 11.0 Å². The number of aromatic nitrogens is 2. The summed E-state index contributed by atoms with van der Waals surface area (Å²) >= 11 is 0. The summed E-state index contributed by atoms with van der Waals surface area (Å²) < 4.78 is 3.60. The maximum absolute atomic E-state index is 14.1. The van der Waals surface area contributed by atoms with E-state index in [9.17, 15) is 4.79 Å². The highest BCUT2D eigenvalue weighted by molar-refractivity contribution is 5.81. The molecule has 0 amide bonds. The molecule has 0 N–H and O–H groups in total. The van der Waals surface area contributed by atoms with E-state index in [4.69, 9.17) is 0 Å². The van der Waals surface area contributed by atoms with Gasteiger partial charge in [0, 0.05) is 0 Å². The van der Waals surface area contributed by atoms with Crippen LogP contribution in [0.25, 0.3) is 66.9 Å². The fraction of sp³-hybridized carbons (Fsp3) is 0. The summed E-state index contributed by atoms with van der Waals surface area (Å²) in [6.07, 6.45) is 0. The third-order valence-electron chi connectivity index (χ3n) is 8.65. The molecule has 1 heterocycles. The van der Waals surface area contributed by atoms with Crippen LogP contribution in [0.5, 0.6) is 0 Å². The molecule has 0 aliphatic heterocycles. The first-order valence-electron chi connectivity index (χ1n) is 15.5. The average molecular weight is 591 g/mol. The lowest BCUT2D eigenvalue weighted by Crippen LogP contribution is -2.22. The van der Waals surface area contributed by atoms with Gasteiger partial charge in [-0.15, -0.1) is 0 Å². The van der Waals surface area contributed by atoms with Gasteiger partial charge in [-0.25, -0.2) is 4.79 Å². The van der Waals surface area contributed by atoms with Gasteiger partial charge in [0.15, 0.2) is 0 Å². The molecule has 3 heteroatoms. The van der Waals surface area contributed by atoms with Crippen molar-refractivity contribution < 1.29 is 0 Å². The molecule has 0 saturated heterocycles. The molecule has 0 bridgehead atoms. The highest BCUT2D eigenvalue weighted by atomic mass is 16.1. The molecule has 0 aliphatic carbocycles. The number of rotatable bonds is 6. The third-order valence-corrected chi connectivity index (χ3v) is 8.65. The molecule has 46 heavy (non-hydrogen) atoms. The first kappa shape index (κ1) is 27.4. The molecular formula is C43H30N2O. The Morgan fingerprint density at radius 1 is 0.261 bits per heavy atom. The highest BCUT2D eigenvalue weighted by Crippen LogP contribution is 2.29. The van der Waals surface area contributed by atoms with Crippen molar-refractivity contribution in [2.75, 3.05) is 0 Å². The molecule has 218 valence electrons. The summed E-state index contributed by atoms with van der Waals surface area (Å²) in [6.45, 7) is 0. The molecule has 0 saturated carbocycles. The number of fused-ring (bicyclic) bond motifs is 1. The average Bonchev–Trinajstić information content (AvgIpc) is 3.44. The van der Waals surface area contributed by atoms with E-state index in [1.165, 1.54) is 22.3 Å². The number of hydrogen-bond acceptors (Lipinski definition) is 1. The summed E-state index contributed by atoms with van der Waals surface area (Å²) in [5.74, 6) is 0. The van der Waals surface area contributed by atoms with Gasteiger partial charge in [-0.3, -0.25) is 9.13 Å². The van der Waals surface area contributed by atoms with E-state index in [1.807, 2.05) is 60.7 Å². The lowest BCUT2D eigenvalue weighted by atomic mass is 10.0. The fourth-order valence-electron chi connectivity index (χ4n) is 6.22. The van der Waals surface area contributed by atoms with Gasteiger partial charge in [-0.05, 0) is 80.9 Å². The third kappa shape index (κ3) is 5.04. The second-order valence-electron chi connectivity index (χ2n) is 11.4. The van der Waals surface area contributed by atoms with Crippen LogP contribution in [-0.4, -0.2) is 9.13 Å². The van der Waals surface area contributed by atoms with Crippen LogP contribution in [0.2, 0.25) is 0 Å². The minimum absolute atomic E-state index is 0.0962. The molecule has 7 aromatic carbocycles. The molecule has 8 aromatic rings. The van der Waals surface area contributed by atoms with Crippen LogP contribution in [0.4, 0.5) is 0 Å². The Balaban J connectivity index is 1.10. The zero-order chi connectivity index (χ0) is 30.9. The van der Waals surface area contributed by atoms with Gasteiger partial charge in [-0.2, -0.15) is 0 Å². The summed E-state index contributed by atoms with van der Waals surface area (Å²) in [5.41, 5.74) is 12.6. The summed E-state index contributed by atoms with van der Waals surface area (Å²) in [7, 11) is 0. The van der Waals surface area contributed by atoms with Gasteiger partial charge in [0.05, 0.1) is 22.4 Å². The van der Waals surface area contributed by atoms with Gasteiger partial charge in [-0.1, -0.05) is 146 Å². The molecule has 0 unspecified atom stereocenters. The van der Waals surface area contributed by atoms with Crippen molar-refractivity contribution in [1.29, 1.82) is 0 Å². The second kappa shape index (κ2) is 11.7. The van der Waals surface area contributed by atoms with Gasteiger partial charge in [0.2, 0.25) is 0 Å². The number of imidazole rings is 1. The zero-order valence-corrected chi connectivity index (χ0v) is 25.1. The number of nitrogens with zero attached hydrogens (tertiary/aromatic N) is 2. The molecule has 1 aromatic heterocycles. The quantitative estimate of drug-likeness (QED) is 0.189. The van der Waals surface area contributed by atoms with E-state index in [0.717, 1.165) is 44.7 Å². The maximum atomic E-state index is 14.1. The Morgan fingerprint density at radius 2 is 0.500 bits per heavy atom. The lowest BCUT2D eigenvalue weighted by molar-refractivity contribution is 0.931. The van der Waals surface area contributed by atoms with E-state index in [-0.39, 0.29) is 5.69 Å². The SMILES string of the molecule is O=c1n(-c2ccc(-c3ccc(-c4ccccc4)cc3)cc2)c2ccccc2n1-c1ccc(-c2ccc(-c3ccccc3)cc2)cc1. The molecule has 0 spiro atoms. The Bertz CT molecular complexity index is 2150. The first-order valence-corrected chi connectivity index (χ1v) is 15.5. The van der Waals surface area contributed by atoms with Crippen molar-refractivity contribution in [3.05, 3.63) is 192 Å². The van der Waals surface area contributed by atoms with E-state index in [2.05, 4.69) is 121 Å². The fourth-order valence-corrected chi connectivity index (χ4v) is 6.22. The normalized spacial score (nSPS) is 11.1. The maximum Gasteiger partial charge on any atom is 0.338 e. The molecule has 0 aliphatic rings.